The Hall–Kier alpha value is -1.40. The lowest BCUT2D eigenvalue weighted by atomic mass is 10.2. The van der Waals surface area contributed by atoms with Gasteiger partial charge in [-0.25, -0.2) is 4.79 Å². The van der Waals surface area contributed by atoms with E-state index in [2.05, 4.69) is 10.6 Å². The minimum Gasteiger partial charge on any atom is -0.462 e. The number of hydrogen-bond acceptors (Lipinski definition) is 5. The van der Waals surface area contributed by atoms with E-state index < -0.39 is 0 Å². The Balaban J connectivity index is 2.14. The minimum absolute atomic E-state index is 0.0717. The number of rotatable bonds is 5. The molecule has 2 rings (SSSR count). The average molecular weight is 296 g/mol. The topological polar surface area (TPSA) is 67.4 Å². The number of nitrogens with one attached hydrogen (secondary N) is 2. The van der Waals surface area contributed by atoms with Crippen molar-refractivity contribution in [1.29, 1.82) is 0 Å². The Labute approximate surface area is 122 Å². The van der Waals surface area contributed by atoms with Gasteiger partial charge in [0, 0.05) is 4.88 Å². The van der Waals surface area contributed by atoms with Crippen LogP contribution in [-0.4, -0.2) is 31.1 Å². The molecule has 1 aromatic rings. The van der Waals surface area contributed by atoms with E-state index in [1.54, 1.807) is 13.0 Å². The molecule has 0 bridgehead atoms. The molecule has 1 fully saturated rings. The van der Waals surface area contributed by atoms with Crippen LogP contribution in [0.2, 0.25) is 0 Å². The van der Waals surface area contributed by atoms with Crippen molar-refractivity contribution in [1.82, 2.24) is 5.32 Å². The molecule has 2 heterocycles. The minimum atomic E-state index is -0.377. The van der Waals surface area contributed by atoms with E-state index in [0.717, 1.165) is 30.7 Å². The quantitative estimate of drug-likeness (QED) is 0.817. The van der Waals surface area contributed by atoms with Crippen LogP contribution in [0.3, 0.4) is 0 Å². The van der Waals surface area contributed by atoms with Gasteiger partial charge in [-0.15, -0.1) is 11.3 Å². The highest BCUT2D eigenvalue weighted by Crippen LogP contribution is 2.29. The molecule has 5 nitrogen and oxygen atoms in total. The van der Waals surface area contributed by atoms with E-state index in [1.807, 2.05) is 6.92 Å². The van der Waals surface area contributed by atoms with Crippen LogP contribution in [0.5, 0.6) is 0 Å². The van der Waals surface area contributed by atoms with Gasteiger partial charge in [-0.2, -0.15) is 0 Å². The first-order valence-corrected chi connectivity index (χ1v) is 7.81. The Morgan fingerprint density at radius 3 is 2.90 bits per heavy atom. The number of aryl methyl sites for hydroxylation is 1. The van der Waals surface area contributed by atoms with E-state index in [0.29, 0.717) is 17.2 Å². The standard InChI is InChI=1S/C14H20N2O3S/c1-3-9-8-10(14(18)19-4-2)13(20-9)16-12(17)11-6-5-7-15-11/h8,11,15H,3-7H2,1-2H3,(H,16,17)/t11-/m0/s1. The molecule has 110 valence electrons. The Morgan fingerprint density at radius 2 is 2.30 bits per heavy atom. The smallest absolute Gasteiger partial charge is 0.341 e. The van der Waals surface area contributed by atoms with E-state index in [9.17, 15) is 9.59 Å². The van der Waals surface area contributed by atoms with Crippen LogP contribution in [-0.2, 0) is 16.0 Å². The molecular formula is C14H20N2O3S. The molecule has 20 heavy (non-hydrogen) atoms. The summed E-state index contributed by atoms with van der Waals surface area (Å²) in [6.07, 6.45) is 2.68. The number of carbonyl (C=O) groups excluding carboxylic acids is 2. The molecule has 1 aliphatic rings. The predicted octanol–water partition coefficient (Wildman–Crippen LogP) is 2.18. The number of hydrogen-bond donors (Lipinski definition) is 2. The molecule has 1 aliphatic heterocycles. The van der Waals surface area contributed by atoms with Crippen molar-refractivity contribution in [3.63, 3.8) is 0 Å². The zero-order valence-corrected chi connectivity index (χ0v) is 12.6. The second kappa shape index (κ2) is 6.85. The largest absolute Gasteiger partial charge is 0.462 e. The number of ether oxygens (including phenoxy) is 1. The highest BCUT2D eigenvalue weighted by molar-refractivity contribution is 7.16. The lowest BCUT2D eigenvalue weighted by Gasteiger charge is -2.10. The van der Waals surface area contributed by atoms with Gasteiger partial charge in [-0.1, -0.05) is 6.92 Å². The van der Waals surface area contributed by atoms with Gasteiger partial charge in [0.15, 0.2) is 0 Å². The molecule has 0 aromatic carbocycles. The fraction of sp³-hybridized carbons (Fsp3) is 0.571. The van der Waals surface area contributed by atoms with Crippen LogP contribution >= 0.6 is 11.3 Å². The average Bonchev–Trinajstić information content (AvgIpc) is 3.08. The molecule has 1 aromatic heterocycles. The number of carbonyl (C=O) groups is 2. The maximum Gasteiger partial charge on any atom is 0.341 e. The maximum atomic E-state index is 12.1. The van der Waals surface area contributed by atoms with Gasteiger partial charge in [-0.05, 0) is 38.8 Å². The molecule has 6 heteroatoms. The molecule has 0 unspecified atom stereocenters. The van der Waals surface area contributed by atoms with Crippen molar-refractivity contribution in [2.45, 2.75) is 39.2 Å². The first-order chi connectivity index (χ1) is 9.65. The summed E-state index contributed by atoms with van der Waals surface area (Å²) in [5.41, 5.74) is 0.458. The van der Waals surface area contributed by atoms with Gasteiger partial charge in [-0.3, -0.25) is 4.79 Å². The molecule has 0 radical (unpaired) electrons. The highest BCUT2D eigenvalue weighted by Gasteiger charge is 2.25. The van der Waals surface area contributed by atoms with Gasteiger partial charge in [0.25, 0.3) is 0 Å². The molecule has 2 N–H and O–H groups in total. The fourth-order valence-corrected chi connectivity index (χ4v) is 3.16. The van der Waals surface area contributed by atoms with E-state index >= 15 is 0 Å². The van der Waals surface area contributed by atoms with Crippen LogP contribution in [0.15, 0.2) is 6.07 Å². The molecule has 1 saturated heterocycles. The summed E-state index contributed by atoms with van der Waals surface area (Å²) in [4.78, 5) is 25.1. The monoisotopic (exact) mass is 296 g/mol. The summed E-state index contributed by atoms with van der Waals surface area (Å²) in [6.45, 7) is 4.98. The first kappa shape index (κ1) is 15.0. The SMILES string of the molecule is CCOC(=O)c1cc(CC)sc1NC(=O)[C@@H]1CCCN1. The second-order valence-electron chi connectivity index (χ2n) is 4.67. The fourth-order valence-electron chi connectivity index (χ4n) is 2.18. The third-order valence-corrected chi connectivity index (χ3v) is 4.44. The normalized spacial score (nSPS) is 18.0. The third-order valence-electron chi connectivity index (χ3n) is 3.24. The maximum absolute atomic E-state index is 12.1. The van der Waals surface area contributed by atoms with E-state index in [4.69, 9.17) is 4.74 Å². The summed E-state index contributed by atoms with van der Waals surface area (Å²) in [5.74, 6) is -0.448. The van der Waals surface area contributed by atoms with Crippen molar-refractivity contribution in [3.8, 4) is 0 Å². The van der Waals surface area contributed by atoms with Crippen molar-refractivity contribution < 1.29 is 14.3 Å². The van der Waals surface area contributed by atoms with Crippen LogP contribution in [0.25, 0.3) is 0 Å². The highest BCUT2D eigenvalue weighted by atomic mass is 32.1. The van der Waals surface area contributed by atoms with Gasteiger partial charge >= 0.3 is 5.97 Å². The first-order valence-electron chi connectivity index (χ1n) is 6.99. The third kappa shape index (κ3) is 3.37. The molecule has 0 aliphatic carbocycles. The van der Waals surface area contributed by atoms with Crippen molar-refractivity contribution in [3.05, 3.63) is 16.5 Å². The Kier molecular flexibility index (Phi) is 5.14. The van der Waals surface area contributed by atoms with Crippen molar-refractivity contribution >= 4 is 28.2 Å². The van der Waals surface area contributed by atoms with Gasteiger partial charge in [0.1, 0.15) is 5.00 Å². The van der Waals surface area contributed by atoms with Gasteiger partial charge < -0.3 is 15.4 Å². The molecule has 1 atom stereocenters. The molecule has 1 amide bonds. The number of amides is 1. The summed E-state index contributed by atoms with van der Waals surface area (Å²) >= 11 is 1.44. The lowest BCUT2D eigenvalue weighted by Crippen LogP contribution is -2.35. The number of esters is 1. The predicted molar refractivity (Wildman–Crippen MR) is 79.3 cm³/mol. The van der Waals surface area contributed by atoms with E-state index in [1.165, 1.54) is 11.3 Å². The van der Waals surface area contributed by atoms with Crippen LogP contribution in [0.1, 0.15) is 41.9 Å². The molecular weight excluding hydrogens is 276 g/mol. The van der Waals surface area contributed by atoms with Crippen molar-refractivity contribution in [2.24, 2.45) is 0 Å². The lowest BCUT2D eigenvalue weighted by molar-refractivity contribution is -0.117. The number of anilines is 1. The molecule has 0 saturated carbocycles. The van der Waals surface area contributed by atoms with Crippen molar-refractivity contribution in [2.75, 3.05) is 18.5 Å². The van der Waals surface area contributed by atoms with E-state index in [-0.39, 0.29) is 17.9 Å². The summed E-state index contributed by atoms with van der Waals surface area (Å²) < 4.78 is 5.03. The van der Waals surface area contributed by atoms with Crippen LogP contribution in [0.4, 0.5) is 5.00 Å². The summed E-state index contributed by atoms with van der Waals surface area (Å²) in [6, 6.07) is 1.65. The Bertz CT molecular complexity index is 493. The van der Waals surface area contributed by atoms with Gasteiger partial charge in [0.05, 0.1) is 18.2 Å². The van der Waals surface area contributed by atoms with Gasteiger partial charge in [0.2, 0.25) is 5.91 Å². The summed E-state index contributed by atoms with van der Waals surface area (Å²) in [7, 11) is 0. The van der Waals surface area contributed by atoms with Crippen LogP contribution < -0.4 is 10.6 Å². The zero-order valence-electron chi connectivity index (χ0n) is 11.8. The molecule has 0 spiro atoms. The second-order valence-corrected chi connectivity index (χ2v) is 5.80. The van der Waals surface area contributed by atoms with Crippen LogP contribution in [0, 0.1) is 0 Å². The number of thiophene rings is 1. The summed E-state index contributed by atoms with van der Waals surface area (Å²) in [5, 5.41) is 6.61. The Morgan fingerprint density at radius 1 is 1.50 bits per heavy atom. The zero-order chi connectivity index (χ0) is 14.5.